The Morgan fingerprint density at radius 1 is 0.800 bits per heavy atom. The molecule has 0 spiro atoms. The highest BCUT2D eigenvalue weighted by Crippen LogP contribution is 2.26. The smallest absolute Gasteiger partial charge is 0.120 e. The molecule has 0 fully saturated rings. The van der Waals surface area contributed by atoms with Crippen LogP contribution in [-0.4, -0.2) is 5.71 Å². The van der Waals surface area contributed by atoms with Gasteiger partial charge in [-0.05, 0) is 17.4 Å². The second-order valence-electron chi connectivity index (χ2n) is 4.47. The van der Waals surface area contributed by atoms with Gasteiger partial charge in [0.05, 0.1) is 5.69 Å². The monoisotopic (exact) mass is 255 g/mol. The van der Waals surface area contributed by atoms with Crippen LogP contribution in [0.1, 0.15) is 5.56 Å². The number of terminal acetylenes is 1. The van der Waals surface area contributed by atoms with Crippen molar-refractivity contribution in [1.82, 2.24) is 0 Å². The number of benzene rings is 3. The molecule has 0 radical (unpaired) electrons. The van der Waals surface area contributed by atoms with Crippen molar-refractivity contribution in [3.63, 3.8) is 0 Å². The molecule has 0 aliphatic carbocycles. The number of fused-ring (bicyclic) bond motifs is 1. The van der Waals surface area contributed by atoms with Crippen LogP contribution < -0.4 is 0 Å². The Hall–Kier alpha value is -2.85. The third-order valence-electron chi connectivity index (χ3n) is 3.18. The summed E-state index contributed by atoms with van der Waals surface area (Å²) in [6.07, 6.45) is 5.62. The Morgan fingerprint density at radius 2 is 1.50 bits per heavy atom. The quantitative estimate of drug-likeness (QED) is 0.469. The van der Waals surface area contributed by atoms with Crippen LogP contribution in [0.15, 0.2) is 77.8 Å². The van der Waals surface area contributed by atoms with Gasteiger partial charge in [0.2, 0.25) is 0 Å². The highest BCUT2D eigenvalue weighted by atomic mass is 14.7. The van der Waals surface area contributed by atoms with Crippen LogP contribution in [0, 0.1) is 12.3 Å². The van der Waals surface area contributed by atoms with Gasteiger partial charge in [-0.25, -0.2) is 4.99 Å². The molecule has 3 aromatic rings. The third-order valence-corrected chi connectivity index (χ3v) is 3.18. The van der Waals surface area contributed by atoms with Gasteiger partial charge in [-0.3, -0.25) is 0 Å². The highest BCUT2D eigenvalue weighted by Gasteiger charge is 2.02. The van der Waals surface area contributed by atoms with Gasteiger partial charge in [-0.1, -0.05) is 66.7 Å². The minimum atomic E-state index is 0.655. The number of aliphatic imine (C=N–C) groups is 1. The van der Waals surface area contributed by atoms with E-state index in [4.69, 9.17) is 6.42 Å². The molecule has 20 heavy (non-hydrogen) atoms. The molecule has 3 rings (SSSR count). The molecule has 0 saturated carbocycles. The van der Waals surface area contributed by atoms with E-state index in [0.29, 0.717) is 5.71 Å². The van der Waals surface area contributed by atoms with Crippen molar-refractivity contribution >= 4 is 22.2 Å². The van der Waals surface area contributed by atoms with Crippen molar-refractivity contribution in [3.8, 4) is 12.3 Å². The molecule has 0 aromatic heterocycles. The molecule has 0 saturated heterocycles. The van der Waals surface area contributed by atoms with E-state index in [-0.39, 0.29) is 0 Å². The molecule has 1 nitrogen and oxygen atoms in total. The van der Waals surface area contributed by atoms with Gasteiger partial charge in [0.25, 0.3) is 0 Å². The lowest BCUT2D eigenvalue weighted by molar-refractivity contribution is 1.54. The summed E-state index contributed by atoms with van der Waals surface area (Å²) in [5.74, 6) is 2.68. The van der Waals surface area contributed by atoms with Crippen molar-refractivity contribution in [2.45, 2.75) is 0 Å². The summed E-state index contributed by atoms with van der Waals surface area (Å²) in [5, 5.41) is 2.27. The summed E-state index contributed by atoms with van der Waals surface area (Å²) >= 11 is 0. The fraction of sp³-hybridized carbons (Fsp3) is 0. The Bertz CT molecular complexity index is 803. The van der Waals surface area contributed by atoms with Crippen molar-refractivity contribution in [3.05, 3.63) is 78.4 Å². The van der Waals surface area contributed by atoms with Crippen molar-refractivity contribution < 1.29 is 0 Å². The summed E-state index contributed by atoms with van der Waals surface area (Å²) < 4.78 is 0. The Morgan fingerprint density at radius 3 is 2.30 bits per heavy atom. The van der Waals surface area contributed by atoms with Crippen LogP contribution in [0.25, 0.3) is 10.8 Å². The molecule has 1 heteroatoms. The van der Waals surface area contributed by atoms with Gasteiger partial charge in [-0.15, -0.1) is 6.42 Å². The molecule has 0 N–H and O–H groups in total. The minimum absolute atomic E-state index is 0.655. The van der Waals surface area contributed by atoms with Crippen LogP contribution in [0.4, 0.5) is 5.69 Å². The molecule has 0 atom stereocenters. The SMILES string of the molecule is C#CC(=Nc1cccc2ccccc12)c1ccccc1. The lowest BCUT2D eigenvalue weighted by Crippen LogP contribution is -1.95. The average molecular weight is 255 g/mol. The standard InChI is InChI=1S/C19H13N/c1-2-18(16-10-4-3-5-11-16)20-19-14-8-12-15-9-6-7-13-17(15)19/h1,3-14H. The molecule has 0 aliphatic rings. The number of nitrogens with zero attached hydrogens (tertiary/aromatic N) is 1. The third kappa shape index (κ3) is 2.32. The van der Waals surface area contributed by atoms with E-state index < -0.39 is 0 Å². The topological polar surface area (TPSA) is 12.4 Å². The van der Waals surface area contributed by atoms with E-state index in [1.165, 1.54) is 0 Å². The summed E-state index contributed by atoms with van der Waals surface area (Å²) in [7, 11) is 0. The summed E-state index contributed by atoms with van der Waals surface area (Å²) in [6.45, 7) is 0. The van der Waals surface area contributed by atoms with Crippen LogP contribution >= 0.6 is 0 Å². The molecular weight excluding hydrogens is 242 g/mol. The van der Waals surface area contributed by atoms with Crippen molar-refractivity contribution in [2.75, 3.05) is 0 Å². The molecule has 0 unspecified atom stereocenters. The first kappa shape index (κ1) is 12.2. The predicted octanol–water partition coefficient (Wildman–Crippen LogP) is 4.59. The van der Waals surface area contributed by atoms with E-state index in [1.54, 1.807) is 0 Å². The number of rotatable bonds is 2. The van der Waals surface area contributed by atoms with Crippen molar-refractivity contribution in [2.24, 2.45) is 4.99 Å². The Kier molecular flexibility index (Phi) is 3.31. The summed E-state index contributed by atoms with van der Waals surface area (Å²) in [5.41, 5.74) is 2.52. The maximum absolute atomic E-state index is 5.62. The molecule has 3 aromatic carbocycles. The zero-order valence-corrected chi connectivity index (χ0v) is 11.0. The van der Waals surface area contributed by atoms with Crippen LogP contribution in [0.2, 0.25) is 0 Å². The molecule has 0 bridgehead atoms. The molecule has 0 amide bonds. The Balaban J connectivity index is 2.16. The Labute approximate surface area is 118 Å². The first-order valence-corrected chi connectivity index (χ1v) is 6.47. The van der Waals surface area contributed by atoms with Gasteiger partial charge in [0, 0.05) is 10.9 Å². The lowest BCUT2D eigenvalue weighted by Gasteiger charge is -2.04. The fourth-order valence-corrected chi connectivity index (χ4v) is 2.20. The maximum atomic E-state index is 5.62. The van der Waals surface area contributed by atoms with Crippen molar-refractivity contribution in [1.29, 1.82) is 0 Å². The predicted molar refractivity (Wildman–Crippen MR) is 85.4 cm³/mol. The first-order valence-electron chi connectivity index (χ1n) is 6.47. The second kappa shape index (κ2) is 5.42. The summed E-state index contributed by atoms with van der Waals surface area (Å²) in [4.78, 5) is 4.66. The van der Waals surface area contributed by atoms with Gasteiger partial charge in [-0.2, -0.15) is 0 Å². The number of hydrogen-bond donors (Lipinski definition) is 0. The van der Waals surface area contributed by atoms with Gasteiger partial charge in [0.1, 0.15) is 5.71 Å². The van der Waals surface area contributed by atoms with E-state index >= 15 is 0 Å². The highest BCUT2D eigenvalue weighted by molar-refractivity contribution is 6.14. The number of hydrogen-bond acceptors (Lipinski definition) is 1. The molecule has 0 heterocycles. The second-order valence-corrected chi connectivity index (χ2v) is 4.47. The van der Waals surface area contributed by atoms with Crippen LogP contribution in [-0.2, 0) is 0 Å². The average Bonchev–Trinajstić information content (AvgIpc) is 2.53. The fourth-order valence-electron chi connectivity index (χ4n) is 2.20. The first-order chi connectivity index (χ1) is 9.88. The zero-order valence-electron chi connectivity index (χ0n) is 11.0. The normalized spacial score (nSPS) is 11.2. The lowest BCUT2D eigenvalue weighted by atomic mass is 10.1. The zero-order chi connectivity index (χ0) is 13.8. The van der Waals surface area contributed by atoms with Crippen LogP contribution in [0.5, 0.6) is 0 Å². The maximum Gasteiger partial charge on any atom is 0.120 e. The van der Waals surface area contributed by atoms with E-state index in [9.17, 15) is 0 Å². The van der Waals surface area contributed by atoms with Gasteiger partial charge >= 0.3 is 0 Å². The van der Waals surface area contributed by atoms with E-state index in [1.807, 2.05) is 54.6 Å². The summed E-state index contributed by atoms with van der Waals surface area (Å²) in [6, 6.07) is 24.1. The van der Waals surface area contributed by atoms with Gasteiger partial charge in [0.15, 0.2) is 0 Å². The minimum Gasteiger partial charge on any atom is -0.239 e. The molecule has 0 aliphatic heterocycles. The van der Waals surface area contributed by atoms with E-state index in [2.05, 4.69) is 29.1 Å². The van der Waals surface area contributed by atoms with Gasteiger partial charge < -0.3 is 0 Å². The largest absolute Gasteiger partial charge is 0.239 e. The molecule has 94 valence electrons. The molecular formula is C19H13N. The van der Waals surface area contributed by atoms with E-state index in [0.717, 1.165) is 22.0 Å². The van der Waals surface area contributed by atoms with Crippen LogP contribution in [0.3, 0.4) is 0 Å².